The third kappa shape index (κ3) is 2.66. The number of hydrogen-bond donors (Lipinski definition) is 3. The summed E-state index contributed by atoms with van der Waals surface area (Å²) in [4.78, 5) is 22.1. The van der Waals surface area contributed by atoms with Crippen molar-refractivity contribution in [1.82, 2.24) is 19.1 Å². The molecule has 3 aromatic heterocycles. The molecule has 160 valence electrons. The van der Waals surface area contributed by atoms with Crippen molar-refractivity contribution in [2.24, 2.45) is 12.8 Å². The number of phenolic OH excluding ortho intramolecular Hbond substituents is 1. The summed E-state index contributed by atoms with van der Waals surface area (Å²) in [6, 6.07) is 13.1. The molecular weight excluding hydrogens is 404 g/mol. The SMILES string of the molecule is Cc1ccc(O)c(C)c1-n1c(N)c(C(N)=O)c2nc3c(-c4cccn4C)cccc3nc21. The van der Waals surface area contributed by atoms with E-state index >= 15 is 0 Å². The number of nitrogens with two attached hydrogens (primary N) is 2. The number of primary amides is 1. The minimum absolute atomic E-state index is 0.109. The molecule has 0 fully saturated rings. The van der Waals surface area contributed by atoms with E-state index in [4.69, 9.17) is 21.4 Å². The van der Waals surface area contributed by atoms with Crippen molar-refractivity contribution in [3.8, 4) is 22.7 Å². The maximum Gasteiger partial charge on any atom is 0.254 e. The number of rotatable bonds is 3. The number of aromatic hydroxyl groups is 1. The van der Waals surface area contributed by atoms with Gasteiger partial charge in [0.1, 0.15) is 22.6 Å². The summed E-state index contributed by atoms with van der Waals surface area (Å²) in [6.45, 7) is 3.69. The van der Waals surface area contributed by atoms with Gasteiger partial charge in [-0.1, -0.05) is 18.2 Å². The molecule has 2 aromatic carbocycles. The standard InChI is InChI=1S/C24H22N6O2/c1-12-9-10-17(31)13(2)21(12)30-22(25)18(23(26)32)20-24(30)27-15-7-4-6-14(19(15)28-20)16-8-5-11-29(16)3/h4-11,31H,25H2,1-3H3,(H2,26,32). The summed E-state index contributed by atoms with van der Waals surface area (Å²) in [5.41, 5.74) is 18.3. The molecule has 0 radical (unpaired) electrons. The second-order valence-corrected chi connectivity index (χ2v) is 7.91. The topological polar surface area (TPSA) is 125 Å². The Morgan fingerprint density at radius 2 is 1.81 bits per heavy atom. The molecule has 0 aliphatic carbocycles. The van der Waals surface area contributed by atoms with Gasteiger partial charge in [0.05, 0.1) is 16.7 Å². The lowest BCUT2D eigenvalue weighted by Gasteiger charge is -2.15. The van der Waals surface area contributed by atoms with Crippen molar-refractivity contribution < 1.29 is 9.90 Å². The highest BCUT2D eigenvalue weighted by atomic mass is 16.3. The van der Waals surface area contributed by atoms with Gasteiger partial charge in [-0.2, -0.15) is 0 Å². The van der Waals surface area contributed by atoms with E-state index in [0.717, 1.165) is 16.8 Å². The van der Waals surface area contributed by atoms with Crippen LogP contribution in [-0.2, 0) is 7.05 Å². The summed E-state index contributed by atoms with van der Waals surface area (Å²) in [7, 11) is 1.96. The zero-order valence-corrected chi connectivity index (χ0v) is 17.9. The van der Waals surface area contributed by atoms with Crippen molar-refractivity contribution in [2.75, 3.05) is 5.73 Å². The molecule has 5 N–H and O–H groups in total. The highest BCUT2D eigenvalue weighted by molar-refractivity contribution is 6.11. The van der Waals surface area contributed by atoms with Crippen LogP contribution in [0.5, 0.6) is 5.75 Å². The molecule has 0 bridgehead atoms. The van der Waals surface area contributed by atoms with Crippen molar-refractivity contribution in [3.63, 3.8) is 0 Å². The quantitative estimate of drug-likeness (QED) is 0.407. The van der Waals surface area contributed by atoms with Crippen LogP contribution in [0.15, 0.2) is 48.7 Å². The van der Waals surface area contributed by atoms with Crippen molar-refractivity contribution in [3.05, 3.63) is 65.4 Å². The van der Waals surface area contributed by atoms with Crippen LogP contribution in [0.4, 0.5) is 5.82 Å². The smallest absolute Gasteiger partial charge is 0.254 e. The first kappa shape index (κ1) is 19.6. The Labute approximate surface area is 183 Å². The highest BCUT2D eigenvalue weighted by Gasteiger charge is 2.26. The molecule has 0 saturated heterocycles. The van der Waals surface area contributed by atoms with Gasteiger partial charge in [-0.3, -0.25) is 9.36 Å². The predicted molar refractivity (Wildman–Crippen MR) is 125 cm³/mol. The Morgan fingerprint density at radius 1 is 1.03 bits per heavy atom. The molecule has 8 nitrogen and oxygen atoms in total. The second-order valence-electron chi connectivity index (χ2n) is 7.91. The minimum Gasteiger partial charge on any atom is -0.508 e. The van der Waals surface area contributed by atoms with E-state index in [1.165, 1.54) is 0 Å². The van der Waals surface area contributed by atoms with Gasteiger partial charge in [-0.25, -0.2) is 9.97 Å². The average Bonchev–Trinajstić information content (AvgIpc) is 3.30. The maximum atomic E-state index is 12.4. The van der Waals surface area contributed by atoms with Gasteiger partial charge in [0.2, 0.25) is 0 Å². The summed E-state index contributed by atoms with van der Waals surface area (Å²) < 4.78 is 3.65. The monoisotopic (exact) mass is 426 g/mol. The number of benzene rings is 2. The van der Waals surface area contributed by atoms with Crippen LogP contribution in [0.1, 0.15) is 21.5 Å². The van der Waals surface area contributed by atoms with Gasteiger partial charge in [0, 0.05) is 30.1 Å². The number of phenols is 1. The lowest BCUT2D eigenvalue weighted by atomic mass is 10.1. The Hall–Kier alpha value is -4.33. The van der Waals surface area contributed by atoms with Crippen LogP contribution in [0.2, 0.25) is 0 Å². The maximum absolute atomic E-state index is 12.4. The fraction of sp³-hybridized carbons (Fsp3) is 0.125. The van der Waals surface area contributed by atoms with Crippen LogP contribution in [0, 0.1) is 13.8 Å². The van der Waals surface area contributed by atoms with E-state index in [2.05, 4.69) is 0 Å². The van der Waals surface area contributed by atoms with E-state index in [-0.39, 0.29) is 17.1 Å². The van der Waals surface area contributed by atoms with Crippen molar-refractivity contribution in [2.45, 2.75) is 13.8 Å². The van der Waals surface area contributed by atoms with E-state index in [1.54, 1.807) is 23.6 Å². The number of amides is 1. The molecule has 0 aliphatic heterocycles. The number of nitrogen functional groups attached to an aromatic ring is 1. The summed E-state index contributed by atoms with van der Waals surface area (Å²) >= 11 is 0. The number of carbonyl (C=O) groups excluding carboxylic acids is 1. The molecule has 32 heavy (non-hydrogen) atoms. The summed E-state index contributed by atoms with van der Waals surface area (Å²) in [6.07, 6.45) is 1.96. The van der Waals surface area contributed by atoms with Crippen LogP contribution in [-0.4, -0.2) is 30.1 Å². The van der Waals surface area contributed by atoms with Gasteiger partial charge < -0.3 is 21.1 Å². The number of anilines is 1. The molecule has 0 unspecified atom stereocenters. The second kappa shape index (κ2) is 6.84. The van der Waals surface area contributed by atoms with Crippen LogP contribution in [0.3, 0.4) is 0 Å². The fourth-order valence-corrected chi connectivity index (χ4v) is 4.32. The van der Waals surface area contributed by atoms with E-state index in [1.807, 2.05) is 55.1 Å². The van der Waals surface area contributed by atoms with Crippen LogP contribution < -0.4 is 11.5 Å². The number of aryl methyl sites for hydroxylation is 2. The van der Waals surface area contributed by atoms with E-state index in [0.29, 0.717) is 33.4 Å². The Kier molecular flexibility index (Phi) is 4.20. The molecule has 0 saturated carbocycles. The molecule has 8 heteroatoms. The van der Waals surface area contributed by atoms with Gasteiger partial charge in [-0.05, 0) is 43.7 Å². The first-order valence-corrected chi connectivity index (χ1v) is 10.1. The normalized spacial score (nSPS) is 11.5. The number of aromatic nitrogens is 4. The largest absolute Gasteiger partial charge is 0.508 e. The average molecular weight is 426 g/mol. The first-order chi connectivity index (χ1) is 15.3. The lowest BCUT2D eigenvalue weighted by molar-refractivity contribution is 0.100. The number of nitrogens with zero attached hydrogens (tertiary/aromatic N) is 4. The van der Waals surface area contributed by atoms with Gasteiger partial charge in [0.25, 0.3) is 5.91 Å². The minimum atomic E-state index is -0.688. The zero-order valence-electron chi connectivity index (χ0n) is 17.9. The molecule has 5 rings (SSSR count). The van der Waals surface area contributed by atoms with E-state index < -0.39 is 5.91 Å². The fourth-order valence-electron chi connectivity index (χ4n) is 4.32. The van der Waals surface area contributed by atoms with Crippen molar-refractivity contribution in [1.29, 1.82) is 0 Å². The number of hydrogen-bond acceptors (Lipinski definition) is 5. The number of carbonyl (C=O) groups is 1. The molecular formula is C24H22N6O2. The molecule has 0 atom stereocenters. The Morgan fingerprint density at radius 3 is 2.50 bits per heavy atom. The third-order valence-corrected chi connectivity index (χ3v) is 5.92. The molecule has 0 aliphatic rings. The summed E-state index contributed by atoms with van der Waals surface area (Å²) in [5.74, 6) is -0.432. The molecule has 5 aromatic rings. The van der Waals surface area contributed by atoms with Crippen LogP contribution in [0.25, 0.3) is 39.1 Å². The number of fused-ring (bicyclic) bond motifs is 2. The van der Waals surface area contributed by atoms with Crippen LogP contribution >= 0.6 is 0 Å². The van der Waals surface area contributed by atoms with Gasteiger partial charge in [0.15, 0.2) is 5.65 Å². The first-order valence-electron chi connectivity index (χ1n) is 10.1. The molecule has 1 amide bonds. The Balaban J connectivity index is 1.95. The summed E-state index contributed by atoms with van der Waals surface area (Å²) in [5, 5.41) is 10.3. The van der Waals surface area contributed by atoms with Gasteiger partial charge in [-0.15, -0.1) is 0 Å². The van der Waals surface area contributed by atoms with Crippen molar-refractivity contribution >= 4 is 33.9 Å². The predicted octanol–water partition coefficient (Wildman–Crippen LogP) is 3.58. The third-order valence-electron chi connectivity index (χ3n) is 5.92. The number of para-hydroxylation sites is 1. The zero-order chi connectivity index (χ0) is 22.7. The molecule has 0 spiro atoms. The lowest BCUT2D eigenvalue weighted by Crippen LogP contribution is -2.14. The van der Waals surface area contributed by atoms with E-state index in [9.17, 15) is 9.90 Å². The highest BCUT2D eigenvalue weighted by Crippen LogP contribution is 2.37. The van der Waals surface area contributed by atoms with Gasteiger partial charge >= 0.3 is 0 Å². The Bertz CT molecular complexity index is 1560. The molecule has 3 heterocycles.